The minimum absolute atomic E-state index is 0.0836. The molecule has 3 aliphatic carbocycles. The molecule has 4 unspecified atom stereocenters. The van der Waals surface area contributed by atoms with Gasteiger partial charge < -0.3 is 14.7 Å². The summed E-state index contributed by atoms with van der Waals surface area (Å²) in [5.74, 6) is -3.68. The normalized spacial score (nSPS) is 23.5. The number of aromatic hydroxyl groups is 1. The predicted molar refractivity (Wildman–Crippen MR) is 180 cm³/mol. The summed E-state index contributed by atoms with van der Waals surface area (Å²) in [4.78, 5) is 58.5. The van der Waals surface area contributed by atoms with Crippen LogP contribution in [0, 0.1) is 17.8 Å². The van der Waals surface area contributed by atoms with E-state index in [1.54, 1.807) is 43.3 Å². The van der Waals surface area contributed by atoms with Gasteiger partial charge in [-0.1, -0.05) is 17.7 Å². The Hall–Kier alpha value is -5.64. The number of nitrogens with zero attached hydrogens (tertiary/aromatic N) is 4. The number of ketones is 2. The van der Waals surface area contributed by atoms with Crippen molar-refractivity contribution < 1.29 is 29.0 Å². The number of ether oxygens (including phenoxy) is 1. The maximum Gasteiger partial charge on any atom is 0.238 e. The number of fused-ring (bicyclic) bond motifs is 3. The highest BCUT2D eigenvalue weighted by Gasteiger charge is 2.57. The molecular weight excluding hydrogens is 608 g/mol. The lowest BCUT2D eigenvalue weighted by Gasteiger charge is -2.42. The molecular formula is C38H34N4O6. The second kappa shape index (κ2) is 11.9. The Morgan fingerprint density at radius 2 is 1.54 bits per heavy atom. The second-order valence-electron chi connectivity index (χ2n) is 12.8. The third-order valence-electron chi connectivity index (χ3n) is 9.87. The molecule has 1 fully saturated rings. The van der Waals surface area contributed by atoms with Crippen molar-refractivity contribution in [3.8, 4) is 11.5 Å². The van der Waals surface area contributed by atoms with Gasteiger partial charge in [-0.15, -0.1) is 0 Å². The number of allylic oxidation sites excluding steroid dienone is 6. The van der Waals surface area contributed by atoms with Crippen molar-refractivity contribution >= 4 is 46.1 Å². The number of anilines is 2. The van der Waals surface area contributed by atoms with Crippen LogP contribution >= 0.6 is 0 Å². The number of benzene rings is 3. The van der Waals surface area contributed by atoms with Crippen molar-refractivity contribution in [1.29, 1.82) is 0 Å². The van der Waals surface area contributed by atoms with Crippen molar-refractivity contribution in [3.05, 3.63) is 107 Å². The smallest absolute Gasteiger partial charge is 0.238 e. The molecule has 0 spiro atoms. The van der Waals surface area contributed by atoms with Crippen LogP contribution in [0.1, 0.15) is 31.2 Å². The van der Waals surface area contributed by atoms with E-state index in [-0.39, 0.29) is 42.0 Å². The SMILES string of the molecule is COc1cccc(O)c1C1C2=CCC3C(=O)N(c4ccc(N=Nc5ccc(N(C)C)cc5)cc4)C(=O)C3C2CC2=C1C(=O)C=C(C)C2=O. The maximum atomic E-state index is 14.3. The Bertz CT molecular complexity index is 2010. The molecule has 0 aromatic heterocycles. The number of carbonyl (C=O) groups excluding carboxylic acids is 4. The lowest BCUT2D eigenvalue weighted by molar-refractivity contribution is -0.123. The van der Waals surface area contributed by atoms with E-state index in [0.29, 0.717) is 45.1 Å². The Morgan fingerprint density at radius 1 is 0.875 bits per heavy atom. The number of amides is 2. The van der Waals surface area contributed by atoms with Gasteiger partial charge in [-0.25, -0.2) is 0 Å². The number of azo groups is 1. The van der Waals surface area contributed by atoms with Crippen LogP contribution in [0.15, 0.2) is 111 Å². The van der Waals surface area contributed by atoms with Gasteiger partial charge >= 0.3 is 0 Å². The third-order valence-corrected chi connectivity index (χ3v) is 9.87. The summed E-state index contributed by atoms with van der Waals surface area (Å²) in [6, 6.07) is 19.3. The third kappa shape index (κ3) is 4.95. The molecule has 1 aliphatic heterocycles. The van der Waals surface area contributed by atoms with Crippen LogP contribution in [0.2, 0.25) is 0 Å². The average molecular weight is 643 g/mol. The summed E-state index contributed by atoms with van der Waals surface area (Å²) in [6.07, 6.45) is 3.68. The molecule has 10 heteroatoms. The number of phenols is 1. The van der Waals surface area contributed by atoms with Gasteiger partial charge in [-0.3, -0.25) is 24.1 Å². The molecule has 242 valence electrons. The number of methoxy groups -OCH3 is 1. The molecule has 1 N–H and O–H groups in total. The highest BCUT2D eigenvalue weighted by atomic mass is 16.5. The first kappa shape index (κ1) is 31.0. The Labute approximate surface area is 277 Å². The second-order valence-corrected chi connectivity index (χ2v) is 12.8. The van der Waals surface area contributed by atoms with E-state index in [0.717, 1.165) is 11.3 Å². The van der Waals surface area contributed by atoms with Gasteiger partial charge in [-0.05, 0) is 92.4 Å². The summed E-state index contributed by atoms with van der Waals surface area (Å²) in [5, 5.41) is 19.7. The molecule has 1 saturated heterocycles. The number of rotatable bonds is 6. The van der Waals surface area contributed by atoms with E-state index in [2.05, 4.69) is 10.2 Å². The Balaban J connectivity index is 1.21. The van der Waals surface area contributed by atoms with Gasteiger partial charge in [-0.2, -0.15) is 10.2 Å². The number of Topliss-reactive ketones (excluding diaryl/α,β-unsaturated/α-hetero) is 1. The van der Waals surface area contributed by atoms with E-state index >= 15 is 0 Å². The molecule has 4 atom stereocenters. The van der Waals surface area contributed by atoms with Crippen molar-refractivity contribution in [2.24, 2.45) is 28.0 Å². The van der Waals surface area contributed by atoms with Gasteiger partial charge in [0, 0.05) is 48.0 Å². The van der Waals surface area contributed by atoms with Crippen LogP contribution in [0.4, 0.5) is 22.7 Å². The monoisotopic (exact) mass is 642 g/mol. The fraction of sp³-hybridized carbons (Fsp3) is 0.263. The number of phenolic OH excluding ortho intramolecular Hbond substituents is 1. The zero-order chi connectivity index (χ0) is 33.9. The highest BCUT2D eigenvalue weighted by molar-refractivity contribution is 6.25. The molecule has 2 amide bonds. The highest BCUT2D eigenvalue weighted by Crippen LogP contribution is 2.57. The van der Waals surface area contributed by atoms with Gasteiger partial charge in [0.2, 0.25) is 11.8 Å². The van der Waals surface area contributed by atoms with Crippen molar-refractivity contribution in [2.75, 3.05) is 31.0 Å². The largest absolute Gasteiger partial charge is 0.507 e. The molecule has 1 heterocycles. The fourth-order valence-electron chi connectivity index (χ4n) is 7.57. The number of carbonyl (C=O) groups is 4. The minimum atomic E-state index is -0.808. The fourth-order valence-corrected chi connectivity index (χ4v) is 7.57. The van der Waals surface area contributed by atoms with Crippen LogP contribution < -0.4 is 14.5 Å². The summed E-state index contributed by atoms with van der Waals surface area (Å²) >= 11 is 0. The molecule has 3 aromatic carbocycles. The van der Waals surface area contributed by atoms with Gasteiger partial charge in [0.15, 0.2) is 11.6 Å². The van der Waals surface area contributed by atoms with Crippen molar-refractivity contribution in [1.82, 2.24) is 0 Å². The molecule has 48 heavy (non-hydrogen) atoms. The van der Waals surface area contributed by atoms with Crippen LogP contribution in [-0.4, -0.2) is 49.7 Å². The molecule has 10 nitrogen and oxygen atoms in total. The van der Waals surface area contributed by atoms with E-state index in [9.17, 15) is 24.3 Å². The maximum absolute atomic E-state index is 14.3. The lowest BCUT2D eigenvalue weighted by Crippen LogP contribution is -2.40. The summed E-state index contributed by atoms with van der Waals surface area (Å²) in [5.41, 5.74) is 4.76. The number of hydrogen-bond acceptors (Lipinski definition) is 9. The van der Waals surface area contributed by atoms with Gasteiger partial charge in [0.25, 0.3) is 0 Å². The molecule has 7 rings (SSSR count). The zero-order valence-corrected chi connectivity index (χ0v) is 27.0. The van der Waals surface area contributed by atoms with E-state index in [4.69, 9.17) is 4.74 Å². The quantitative estimate of drug-likeness (QED) is 0.140. The first-order valence-corrected chi connectivity index (χ1v) is 15.8. The summed E-state index contributed by atoms with van der Waals surface area (Å²) in [7, 11) is 5.40. The molecule has 0 bridgehead atoms. The summed E-state index contributed by atoms with van der Waals surface area (Å²) < 4.78 is 5.62. The van der Waals surface area contributed by atoms with Gasteiger partial charge in [0.05, 0.1) is 36.0 Å². The van der Waals surface area contributed by atoms with Crippen LogP contribution in [0.25, 0.3) is 0 Å². The topological polar surface area (TPSA) is 129 Å². The van der Waals surface area contributed by atoms with Gasteiger partial charge in [0.1, 0.15) is 11.5 Å². The minimum Gasteiger partial charge on any atom is -0.507 e. The predicted octanol–water partition coefficient (Wildman–Crippen LogP) is 6.52. The zero-order valence-electron chi connectivity index (χ0n) is 27.0. The first-order chi connectivity index (χ1) is 23.1. The lowest BCUT2D eigenvalue weighted by atomic mass is 9.59. The van der Waals surface area contributed by atoms with E-state index < -0.39 is 23.7 Å². The Morgan fingerprint density at radius 3 is 2.19 bits per heavy atom. The number of imide groups is 1. The van der Waals surface area contributed by atoms with E-state index in [1.807, 2.05) is 49.3 Å². The van der Waals surface area contributed by atoms with Crippen molar-refractivity contribution in [3.63, 3.8) is 0 Å². The molecule has 0 saturated carbocycles. The van der Waals surface area contributed by atoms with Crippen LogP contribution in [0.5, 0.6) is 11.5 Å². The molecule has 0 radical (unpaired) electrons. The van der Waals surface area contributed by atoms with Crippen LogP contribution in [0.3, 0.4) is 0 Å². The van der Waals surface area contributed by atoms with Crippen molar-refractivity contribution in [2.45, 2.75) is 25.7 Å². The standard InChI is InChI=1S/C38H34N4O6/c1-20-18-30(44)33-28(36(20)45)19-27-25(34(33)35-29(43)6-5-7-31(35)48-4)16-17-26-32(27)38(47)42(37(26)46)24-14-10-22(11-15-24)40-39-21-8-12-23(13-9-21)41(2)3/h5-16,18,26-27,32,34,43H,17,19H2,1-4H3. The van der Waals surface area contributed by atoms with Crippen LogP contribution in [-0.2, 0) is 19.2 Å². The first-order valence-electron chi connectivity index (χ1n) is 15.8. The average Bonchev–Trinajstić information content (AvgIpc) is 3.34. The van der Waals surface area contributed by atoms with E-state index in [1.165, 1.54) is 24.2 Å². The molecule has 3 aromatic rings. The number of hydrogen-bond donors (Lipinski definition) is 1. The molecule has 4 aliphatic rings. The summed E-state index contributed by atoms with van der Waals surface area (Å²) in [6.45, 7) is 1.60. The Kier molecular flexibility index (Phi) is 7.66.